The zero-order valence-electron chi connectivity index (χ0n) is 10.1. The van der Waals surface area contributed by atoms with E-state index in [1.807, 2.05) is 27.1 Å². The number of carbonyl (C=O) groups excluding carboxylic acids is 1. The van der Waals surface area contributed by atoms with Gasteiger partial charge in [-0.2, -0.15) is 0 Å². The second-order valence-corrected chi connectivity index (χ2v) is 4.00. The molecule has 6 heteroatoms. The molecule has 0 unspecified atom stereocenters. The summed E-state index contributed by atoms with van der Waals surface area (Å²) in [6.07, 6.45) is 0. The Labute approximate surface area is 99.9 Å². The minimum absolute atomic E-state index is 0.145. The third-order valence-corrected chi connectivity index (χ3v) is 2.04. The lowest BCUT2D eigenvalue weighted by atomic mass is 10.2. The number of anilines is 1. The van der Waals surface area contributed by atoms with E-state index in [1.54, 1.807) is 17.0 Å². The van der Waals surface area contributed by atoms with Crippen LogP contribution < -0.4 is 5.32 Å². The Balaban J connectivity index is 2.90. The molecule has 0 atom stereocenters. The van der Waals surface area contributed by atoms with Crippen LogP contribution in [0.15, 0.2) is 23.3 Å². The number of carbonyl (C=O) groups is 1. The molecule has 1 rings (SSSR count). The molecule has 0 saturated heterocycles. The molecule has 1 aromatic rings. The second kappa shape index (κ2) is 5.89. The molecule has 0 fully saturated rings. The first-order valence-corrected chi connectivity index (χ1v) is 5.13. The Hall–Kier alpha value is -2.04. The van der Waals surface area contributed by atoms with Crippen LogP contribution in [0.1, 0.15) is 5.56 Å². The molecule has 0 aromatic heterocycles. The monoisotopic (exact) mass is 233 g/mol. The van der Waals surface area contributed by atoms with Gasteiger partial charge in [-0.05, 0) is 38.7 Å². The molecular weight excluding hydrogens is 218 g/mol. The molecule has 0 aliphatic carbocycles. The molecular formula is C11H15N5O. The van der Waals surface area contributed by atoms with E-state index in [2.05, 4.69) is 15.3 Å². The highest BCUT2D eigenvalue weighted by Crippen LogP contribution is 2.26. The maximum absolute atomic E-state index is 11.6. The zero-order valence-corrected chi connectivity index (χ0v) is 10.1. The van der Waals surface area contributed by atoms with E-state index in [4.69, 9.17) is 5.53 Å². The number of hydrogen-bond acceptors (Lipinski definition) is 3. The molecule has 0 saturated carbocycles. The van der Waals surface area contributed by atoms with Gasteiger partial charge >= 0.3 is 0 Å². The third-order valence-electron chi connectivity index (χ3n) is 2.04. The number of amides is 1. The molecule has 0 heterocycles. The van der Waals surface area contributed by atoms with Crippen molar-refractivity contribution in [3.63, 3.8) is 0 Å². The molecule has 6 nitrogen and oxygen atoms in total. The van der Waals surface area contributed by atoms with Crippen molar-refractivity contribution in [2.45, 2.75) is 6.92 Å². The lowest BCUT2D eigenvalue weighted by Crippen LogP contribution is -2.27. The van der Waals surface area contributed by atoms with Crippen LogP contribution in [-0.4, -0.2) is 31.4 Å². The largest absolute Gasteiger partial charge is 0.325 e. The van der Waals surface area contributed by atoms with Crippen LogP contribution in [0.3, 0.4) is 0 Å². The number of rotatable bonds is 4. The van der Waals surface area contributed by atoms with Crippen LogP contribution in [0.4, 0.5) is 11.4 Å². The Morgan fingerprint density at radius 3 is 2.82 bits per heavy atom. The molecule has 1 amide bonds. The van der Waals surface area contributed by atoms with Gasteiger partial charge in [0.2, 0.25) is 5.91 Å². The average molecular weight is 233 g/mol. The summed E-state index contributed by atoms with van der Waals surface area (Å²) in [5.74, 6) is -0.145. The number of hydrogen-bond donors (Lipinski definition) is 1. The molecule has 0 radical (unpaired) electrons. The van der Waals surface area contributed by atoms with Crippen LogP contribution in [0, 0.1) is 6.92 Å². The summed E-state index contributed by atoms with van der Waals surface area (Å²) >= 11 is 0. The van der Waals surface area contributed by atoms with Crippen LogP contribution in [-0.2, 0) is 4.79 Å². The Morgan fingerprint density at radius 2 is 2.24 bits per heavy atom. The molecule has 0 aliphatic heterocycles. The zero-order chi connectivity index (χ0) is 12.8. The van der Waals surface area contributed by atoms with E-state index >= 15 is 0 Å². The summed E-state index contributed by atoms with van der Waals surface area (Å²) in [6, 6.07) is 5.31. The minimum Gasteiger partial charge on any atom is -0.325 e. The Morgan fingerprint density at radius 1 is 1.53 bits per heavy atom. The number of azide groups is 1. The fourth-order valence-corrected chi connectivity index (χ4v) is 1.36. The summed E-state index contributed by atoms with van der Waals surface area (Å²) in [7, 11) is 3.62. The van der Waals surface area contributed by atoms with E-state index in [1.165, 1.54) is 0 Å². The quantitative estimate of drug-likeness (QED) is 0.492. The first-order chi connectivity index (χ1) is 8.02. The highest BCUT2D eigenvalue weighted by atomic mass is 16.2. The lowest BCUT2D eigenvalue weighted by Gasteiger charge is -2.11. The van der Waals surface area contributed by atoms with Crippen molar-refractivity contribution in [3.8, 4) is 0 Å². The van der Waals surface area contributed by atoms with E-state index in [0.29, 0.717) is 11.4 Å². The average Bonchev–Trinajstić information content (AvgIpc) is 2.21. The fraction of sp³-hybridized carbons (Fsp3) is 0.364. The molecule has 1 aromatic carbocycles. The van der Waals surface area contributed by atoms with Crippen LogP contribution in [0.25, 0.3) is 10.4 Å². The van der Waals surface area contributed by atoms with Crippen molar-refractivity contribution in [2.24, 2.45) is 5.11 Å². The van der Waals surface area contributed by atoms with Crippen LogP contribution in [0.2, 0.25) is 0 Å². The van der Waals surface area contributed by atoms with Crippen molar-refractivity contribution in [1.82, 2.24) is 4.90 Å². The van der Waals surface area contributed by atoms with Gasteiger partial charge in [0.05, 0.1) is 17.9 Å². The maximum atomic E-state index is 11.6. The van der Waals surface area contributed by atoms with Crippen molar-refractivity contribution >= 4 is 17.3 Å². The maximum Gasteiger partial charge on any atom is 0.238 e. The van der Waals surface area contributed by atoms with Gasteiger partial charge in [-0.15, -0.1) is 0 Å². The number of aryl methyl sites for hydroxylation is 1. The minimum atomic E-state index is -0.145. The normalized spacial score (nSPS) is 9.88. The van der Waals surface area contributed by atoms with Gasteiger partial charge in [0, 0.05) is 4.91 Å². The molecule has 1 N–H and O–H groups in total. The van der Waals surface area contributed by atoms with Gasteiger partial charge in [-0.3, -0.25) is 4.79 Å². The third kappa shape index (κ3) is 4.14. The van der Waals surface area contributed by atoms with Crippen LogP contribution in [0.5, 0.6) is 0 Å². The predicted molar refractivity (Wildman–Crippen MR) is 67.2 cm³/mol. The van der Waals surface area contributed by atoms with Crippen molar-refractivity contribution < 1.29 is 4.79 Å². The Kier molecular flexibility index (Phi) is 4.51. The highest BCUT2D eigenvalue weighted by Gasteiger charge is 2.06. The van der Waals surface area contributed by atoms with Crippen LogP contribution >= 0.6 is 0 Å². The molecule has 0 aliphatic rings. The molecule has 17 heavy (non-hydrogen) atoms. The number of likely N-dealkylation sites (N-methyl/N-ethyl adjacent to an activating group) is 1. The Bertz CT molecular complexity index is 463. The fourth-order valence-electron chi connectivity index (χ4n) is 1.36. The SMILES string of the molecule is Cc1ccc(NC(=O)CN(C)C)c(N=[N+]=[N-])c1. The van der Waals surface area contributed by atoms with Gasteiger partial charge in [-0.1, -0.05) is 16.7 Å². The summed E-state index contributed by atoms with van der Waals surface area (Å²) in [6.45, 7) is 2.17. The summed E-state index contributed by atoms with van der Waals surface area (Å²) < 4.78 is 0. The first-order valence-electron chi connectivity index (χ1n) is 5.13. The molecule has 0 spiro atoms. The second-order valence-electron chi connectivity index (χ2n) is 4.00. The number of nitrogens with one attached hydrogen (secondary N) is 1. The van der Waals surface area contributed by atoms with Crippen molar-refractivity contribution in [2.75, 3.05) is 26.0 Å². The van der Waals surface area contributed by atoms with Gasteiger partial charge < -0.3 is 10.2 Å². The van der Waals surface area contributed by atoms with Gasteiger partial charge in [0.1, 0.15) is 0 Å². The summed E-state index contributed by atoms with van der Waals surface area (Å²) in [5.41, 5.74) is 10.4. The van der Waals surface area contributed by atoms with E-state index < -0.39 is 0 Å². The molecule has 0 bridgehead atoms. The molecule has 90 valence electrons. The standard InChI is InChI=1S/C11H15N5O/c1-8-4-5-9(10(6-8)14-15-12)13-11(17)7-16(2)3/h4-6H,7H2,1-3H3,(H,13,17). The van der Waals surface area contributed by atoms with Gasteiger partial charge in [0.15, 0.2) is 0 Å². The predicted octanol–water partition coefficient (Wildman–Crippen LogP) is 2.44. The van der Waals surface area contributed by atoms with Crippen molar-refractivity contribution in [1.29, 1.82) is 0 Å². The summed E-state index contributed by atoms with van der Waals surface area (Å²) in [5, 5.41) is 6.26. The first kappa shape index (κ1) is 13.0. The highest BCUT2D eigenvalue weighted by molar-refractivity contribution is 5.95. The van der Waals surface area contributed by atoms with Gasteiger partial charge in [0.25, 0.3) is 0 Å². The topological polar surface area (TPSA) is 81.1 Å². The van der Waals surface area contributed by atoms with E-state index in [-0.39, 0.29) is 12.5 Å². The lowest BCUT2D eigenvalue weighted by molar-refractivity contribution is -0.116. The number of benzene rings is 1. The number of nitrogens with zero attached hydrogens (tertiary/aromatic N) is 4. The van der Waals surface area contributed by atoms with E-state index in [9.17, 15) is 4.79 Å². The van der Waals surface area contributed by atoms with E-state index in [0.717, 1.165) is 5.56 Å². The summed E-state index contributed by atoms with van der Waals surface area (Å²) in [4.78, 5) is 16.1. The smallest absolute Gasteiger partial charge is 0.238 e. The van der Waals surface area contributed by atoms with Gasteiger partial charge in [-0.25, -0.2) is 0 Å². The van der Waals surface area contributed by atoms with Crippen molar-refractivity contribution in [3.05, 3.63) is 34.2 Å².